The minimum atomic E-state index is -4.44. The molecule has 0 saturated carbocycles. The van der Waals surface area contributed by atoms with Crippen molar-refractivity contribution in [1.29, 1.82) is 5.26 Å². The van der Waals surface area contributed by atoms with Crippen LogP contribution in [0.15, 0.2) is 24.3 Å². The zero-order valence-corrected chi connectivity index (χ0v) is 12.6. The van der Waals surface area contributed by atoms with E-state index in [1.807, 2.05) is 18.0 Å². The number of hydrogen-bond acceptors (Lipinski definition) is 3. The smallest absolute Gasteiger partial charge is 0.302 e. The maximum atomic E-state index is 13.3. The van der Waals surface area contributed by atoms with Gasteiger partial charge in [0.05, 0.1) is 17.3 Å². The first-order valence-corrected chi connectivity index (χ1v) is 7.22. The summed E-state index contributed by atoms with van der Waals surface area (Å²) >= 11 is 0. The summed E-state index contributed by atoms with van der Waals surface area (Å²) in [6.07, 6.45) is -3.77. The van der Waals surface area contributed by atoms with E-state index in [0.717, 1.165) is 23.9 Å². The normalized spacial score (nSPS) is 15.3. The molecule has 0 spiro atoms. The maximum absolute atomic E-state index is 13.3. The molecular weight excluding hydrogens is 305 g/mol. The van der Waals surface area contributed by atoms with Crippen LogP contribution in [0.4, 0.5) is 13.2 Å². The highest BCUT2D eigenvalue weighted by molar-refractivity contribution is 5.69. The van der Waals surface area contributed by atoms with Crippen LogP contribution >= 0.6 is 0 Å². The monoisotopic (exact) mass is 320 g/mol. The number of fused-ring (bicyclic) bond motifs is 1. The van der Waals surface area contributed by atoms with Crippen molar-refractivity contribution in [3.05, 3.63) is 41.1 Å². The molecule has 0 unspecified atom stereocenters. The summed E-state index contributed by atoms with van der Waals surface area (Å²) in [7, 11) is 1.92. The molecule has 0 aliphatic carbocycles. The van der Waals surface area contributed by atoms with Crippen molar-refractivity contribution in [2.75, 3.05) is 13.6 Å². The summed E-state index contributed by atoms with van der Waals surface area (Å²) in [4.78, 5) is 2.04. The first kappa shape index (κ1) is 15.6. The van der Waals surface area contributed by atoms with E-state index >= 15 is 0 Å². The molecule has 0 atom stereocenters. The van der Waals surface area contributed by atoms with Crippen LogP contribution in [0.2, 0.25) is 0 Å². The Hall–Kier alpha value is -2.33. The first-order valence-electron chi connectivity index (χ1n) is 7.22. The van der Waals surface area contributed by atoms with Gasteiger partial charge in [-0.25, -0.2) is 0 Å². The molecule has 4 nitrogen and oxygen atoms in total. The van der Waals surface area contributed by atoms with Gasteiger partial charge in [0.1, 0.15) is 6.54 Å². The average Bonchev–Trinajstić information content (AvgIpc) is 2.85. The summed E-state index contributed by atoms with van der Waals surface area (Å²) < 4.78 is 41.4. The summed E-state index contributed by atoms with van der Waals surface area (Å²) in [6, 6.07) is 7.48. The summed E-state index contributed by atoms with van der Waals surface area (Å²) in [5.41, 5.74) is 1.35. The molecule has 0 radical (unpaired) electrons. The molecule has 3 rings (SSSR count). The molecule has 7 heteroatoms. The second-order valence-corrected chi connectivity index (χ2v) is 5.62. The quantitative estimate of drug-likeness (QED) is 0.854. The number of alkyl halides is 3. The number of aromatic nitrogens is 2. The van der Waals surface area contributed by atoms with E-state index in [2.05, 4.69) is 5.10 Å². The van der Waals surface area contributed by atoms with Crippen molar-refractivity contribution in [2.45, 2.75) is 25.7 Å². The Balaban J connectivity index is 2.20. The highest BCUT2D eigenvalue weighted by Crippen LogP contribution is 2.39. The highest BCUT2D eigenvalue weighted by atomic mass is 19.4. The molecule has 0 amide bonds. The van der Waals surface area contributed by atoms with E-state index in [9.17, 15) is 13.2 Å². The van der Waals surface area contributed by atoms with Crippen molar-refractivity contribution in [3.8, 4) is 17.3 Å². The lowest BCUT2D eigenvalue weighted by molar-refractivity contribution is -0.137. The molecule has 2 heterocycles. The van der Waals surface area contributed by atoms with Crippen molar-refractivity contribution in [3.63, 3.8) is 0 Å². The lowest BCUT2D eigenvalue weighted by atomic mass is 9.97. The summed E-state index contributed by atoms with van der Waals surface area (Å²) in [6.45, 7) is 1.37. The van der Waals surface area contributed by atoms with Gasteiger partial charge in [-0.1, -0.05) is 18.2 Å². The van der Waals surface area contributed by atoms with Gasteiger partial charge in [-0.15, -0.1) is 0 Å². The van der Waals surface area contributed by atoms with E-state index in [4.69, 9.17) is 5.26 Å². The van der Waals surface area contributed by atoms with Gasteiger partial charge >= 0.3 is 6.18 Å². The predicted octanol–water partition coefficient (Wildman–Crippen LogP) is 3.08. The molecule has 0 bridgehead atoms. The molecule has 1 aromatic carbocycles. The van der Waals surface area contributed by atoms with E-state index in [1.165, 1.54) is 16.8 Å². The molecule has 23 heavy (non-hydrogen) atoms. The van der Waals surface area contributed by atoms with Gasteiger partial charge < -0.3 is 4.90 Å². The molecule has 1 aromatic heterocycles. The largest absolute Gasteiger partial charge is 0.417 e. The van der Waals surface area contributed by atoms with Gasteiger partial charge in [0.25, 0.3) is 0 Å². The number of benzene rings is 1. The second kappa shape index (κ2) is 5.70. The van der Waals surface area contributed by atoms with E-state index in [1.54, 1.807) is 6.07 Å². The van der Waals surface area contributed by atoms with E-state index in [0.29, 0.717) is 18.7 Å². The topological polar surface area (TPSA) is 44.9 Å². The molecule has 0 N–H and O–H groups in total. The lowest BCUT2D eigenvalue weighted by Crippen LogP contribution is -2.27. The van der Waals surface area contributed by atoms with Gasteiger partial charge in [0.15, 0.2) is 0 Å². The summed E-state index contributed by atoms with van der Waals surface area (Å²) in [5.74, 6) is 0. The Morgan fingerprint density at radius 2 is 2.04 bits per heavy atom. The fourth-order valence-corrected chi connectivity index (χ4v) is 2.98. The van der Waals surface area contributed by atoms with Crippen molar-refractivity contribution in [2.24, 2.45) is 0 Å². The van der Waals surface area contributed by atoms with Crippen molar-refractivity contribution >= 4 is 0 Å². The molecule has 1 aliphatic rings. The average molecular weight is 320 g/mol. The van der Waals surface area contributed by atoms with Crippen LogP contribution in [0.5, 0.6) is 0 Å². The number of halogens is 3. The zero-order chi connectivity index (χ0) is 16.6. The van der Waals surface area contributed by atoms with E-state index < -0.39 is 11.7 Å². The predicted molar refractivity (Wildman–Crippen MR) is 78.3 cm³/mol. The van der Waals surface area contributed by atoms with Crippen LogP contribution in [0.3, 0.4) is 0 Å². The van der Waals surface area contributed by atoms with Crippen LogP contribution in [0.25, 0.3) is 11.3 Å². The molecular formula is C16H15F3N4. The van der Waals surface area contributed by atoms with Gasteiger partial charge in [0.2, 0.25) is 0 Å². The van der Waals surface area contributed by atoms with Crippen LogP contribution in [0.1, 0.15) is 16.8 Å². The third-order valence-electron chi connectivity index (χ3n) is 4.03. The van der Waals surface area contributed by atoms with Gasteiger partial charge in [0, 0.05) is 36.3 Å². The third kappa shape index (κ3) is 2.82. The van der Waals surface area contributed by atoms with Gasteiger partial charge in [-0.2, -0.15) is 23.5 Å². The molecule has 120 valence electrons. The standard InChI is InChI=1S/C16H15F3N4/c1-22-8-6-14-12(10-22)15(21-23(14)9-7-20)11-4-2-3-5-13(11)16(17,18)19/h2-5H,6,8-10H2,1H3. The van der Waals surface area contributed by atoms with Crippen LogP contribution in [0, 0.1) is 11.3 Å². The lowest BCUT2D eigenvalue weighted by Gasteiger charge is -2.23. The van der Waals surface area contributed by atoms with Gasteiger partial charge in [-0.3, -0.25) is 4.68 Å². The molecule has 0 saturated heterocycles. The van der Waals surface area contributed by atoms with E-state index in [-0.39, 0.29) is 12.1 Å². The minimum Gasteiger partial charge on any atom is -0.302 e. The molecule has 1 aliphatic heterocycles. The van der Waals surface area contributed by atoms with Crippen molar-refractivity contribution in [1.82, 2.24) is 14.7 Å². The van der Waals surface area contributed by atoms with Crippen LogP contribution in [-0.4, -0.2) is 28.3 Å². The summed E-state index contributed by atoms with van der Waals surface area (Å²) in [5, 5.41) is 13.3. The number of rotatable bonds is 2. The fraction of sp³-hybridized carbons (Fsp3) is 0.375. The zero-order valence-electron chi connectivity index (χ0n) is 12.6. The Bertz CT molecular complexity index is 771. The molecule has 0 fully saturated rings. The Kier molecular flexibility index (Phi) is 3.86. The number of likely N-dealkylation sites (N-methyl/N-ethyl adjacent to an activating group) is 1. The van der Waals surface area contributed by atoms with Crippen molar-refractivity contribution < 1.29 is 13.2 Å². The first-order chi connectivity index (χ1) is 10.9. The maximum Gasteiger partial charge on any atom is 0.417 e. The fourth-order valence-electron chi connectivity index (χ4n) is 2.98. The van der Waals surface area contributed by atoms with Gasteiger partial charge in [-0.05, 0) is 13.1 Å². The Morgan fingerprint density at radius 1 is 1.30 bits per heavy atom. The number of nitrogens with zero attached hydrogens (tertiary/aromatic N) is 4. The van der Waals surface area contributed by atoms with Crippen LogP contribution < -0.4 is 0 Å². The Morgan fingerprint density at radius 3 is 2.74 bits per heavy atom. The SMILES string of the molecule is CN1CCc2c(c(-c3ccccc3C(F)(F)F)nn2CC#N)C1. The highest BCUT2D eigenvalue weighted by Gasteiger charge is 2.35. The number of nitriles is 1. The second-order valence-electron chi connectivity index (χ2n) is 5.62. The van der Waals surface area contributed by atoms with Crippen LogP contribution in [-0.2, 0) is 25.7 Å². The number of hydrogen-bond donors (Lipinski definition) is 0. The third-order valence-corrected chi connectivity index (χ3v) is 4.03. The molecule has 2 aromatic rings. The Labute approximate surface area is 131 Å². The minimum absolute atomic E-state index is 0.0419.